The highest BCUT2D eigenvalue weighted by Crippen LogP contribution is 2.35. The Morgan fingerprint density at radius 3 is 2.24 bits per heavy atom. The fourth-order valence-electron chi connectivity index (χ4n) is 2.85. The highest BCUT2D eigenvalue weighted by Gasteiger charge is 2.16. The van der Waals surface area contributed by atoms with Crippen LogP contribution in [-0.2, 0) is 6.42 Å². The third-order valence-corrected chi connectivity index (χ3v) is 4.46. The van der Waals surface area contributed by atoms with Crippen molar-refractivity contribution in [2.24, 2.45) is 10.2 Å². The van der Waals surface area contributed by atoms with E-state index < -0.39 is 0 Å². The fourth-order valence-corrected chi connectivity index (χ4v) is 2.85. The zero-order valence-corrected chi connectivity index (χ0v) is 15.8. The number of nitrogens with zero attached hydrogens (tertiary/aromatic N) is 2. The predicted octanol–water partition coefficient (Wildman–Crippen LogP) is 5.06. The molecule has 3 N–H and O–H groups in total. The topological polar surface area (TPSA) is 102 Å². The first-order valence-electron chi connectivity index (χ1n) is 9.36. The monoisotopic (exact) mass is 390 g/mol. The molecule has 0 amide bonds. The van der Waals surface area contributed by atoms with Gasteiger partial charge in [-0.1, -0.05) is 42.5 Å². The van der Waals surface area contributed by atoms with Crippen molar-refractivity contribution in [3.63, 3.8) is 0 Å². The van der Waals surface area contributed by atoms with Crippen LogP contribution in [0.1, 0.15) is 34.3 Å². The predicted molar refractivity (Wildman–Crippen MR) is 110 cm³/mol. The van der Waals surface area contributed by atoms with E-state index in [4.69, 9.17) is 5.11 Å². The molecule has 0 aliphatic carbocycles. The second-order valence-corrected chi connectivity index (χ2v) is 6.60. The summed E-state index contributed by atoms with van der Waals surface area (Å²) in [4.78, 5) is 12.6. The van der Waals surface area contributed by atoms with Gasteiger partial charge in [-0.05, 0) is 43.0 Å². The zero-order valence-electron chi connectivity index (χ0n) is 15.8. The molecule has 148 valence electrons. The van der Waals surface area contributed by atoms with Crippen molar-refractivity contribution in [2.45, 2.75) is 19.3 Å². The summed E-state index contributed by atoms with van der Waals surface area (Å²) in [5.74, 6) is -0.953. The molecule has 0 radical (unpaired) electrons. The minimum atomic E-state index is -0.369. The number of carbonyl (C=O) groups excluding carboxylic acids is 1. The van der Waals surface area contributed by atoms with E-state index in [1.54, 1.807) is 30.3 Å². The van der Waals surface area contributed by atoms with Crippen LogP contribution >= 0.6 is 0 Å². The molecule has 0 aliphatic rings. The lowest BCUT2D eigenvalue weighted by atomic mass is 10.0. The molecule has 0 spiro atoms. The number of ketones is 1. The lowest BCUT2D eigenvalue weighted by molar-refractivity contribution is 0.103. The number of aryl methyl sites for hydroxylation is 1. The van der Waals surface area contributed by atoms with Crippen molar-refractivity contribution in [3.8, 4) is 11.5 Å². The summed E-state index contributed by atoms with van der Waals surface area (Å²) in [7, 11) is 0. The molecule has 0 fully saturated rings. The second kappa shape index (κ2) is 9.61. The lowest BCUT2D eigenvalue weighted by Crippen LogP contribution is -2.01. The third-order valence-electron chi connectivity index (χ3n) is 4.46. The van der Waals surface area contributed by atoms with E-state index in [9.17, 15) is 15.0 Å². The number of unbranched alkanes of at least 4 members (excludes halogenated alkanes) is 1. The van der Waals surface area contributed by atoms with E-state index in [-0.39, 0.29) is 35.1 Å². The Morgan fingerprint density at radius 2 is 1.55 bits per heavy atom. The highest BCUT2D eigenvalue weighted by molar-refractivity contribution is 6.11. The molecule has 0 atom stereocenters. The second-order valence-electron chi connectivity index (χ2n) is 6.60. The van der Waals surface area contributed by atoms with Crippen molar-refractivity contribution in [2.75, 3.05) is 6.61 Å². The number of phenols is 2. The highest BCUT2D eigenvalue weighted by atomic mass is 16.3. The van der Waals surface area contributed by atoms with Crippen molar-refractivity contribution < 1.29 is 20.1 Å². The fraction of sp³-hybridized carbons (Fsp3) is 0.174. The van der Waals surface area contributed by atoms with E-state index >= 15 is 0 Å². The van der Waals surface area contributed by atoms with Crippen LogP contribution < -0.4 is 0 Å². The lowest BCUT2D eigenvalue weighted by Gasteiger charge is -2.07. The van der Waals surface area contributed by atoms with Gasteiger partial charge in [-0.2, -0.15) is 5.11 Å². The molecular formula is C23H22N2O4. The van der Waals surface area contributed by atoms with E-state index in [0.717, 1.165) is 30.9 Å². The average molecular weight is 390 g/mol. The van der Waals surface area contributed by atoms with Gasteiger partial charge < -0.3 is 15.3 Å². The third kappa shape index (κ3) is 5.27. The van der Waals surface area contributed by atoms with Crippen LogP contribution in [0.3, 0.4) is 0 Å². The molecule has 0 aliphatic heterocycles. The Morgan fingerprint density at radius 1 is 0.828 bits per heavy atom. The van der Waals surface area contributed by atoms with Crippen LogP contribution in [0, 0.1) is 0 Å². The number of aliphatic hydroxyl groups excluding tert-OH is 1. The number of rotatable bonds is 8. The number of azo groups is 1. The molecule has 3 aromatic rings. The molecule has 6 nitrogen and oxygen atoms in total. The average Bonchev–Trinajstić information content (AvgIpc) is 2.74. The molecule has 0 heterocycles. The van der Waals surface area contributed by atoms with E-state index in [1.807, 2.05) is 24.3 Å². The largest absolute Gasteiger partial charge is 0.507 e. The van der Waals surface area contributed by atoms with Gasteiger partial charge >= 0.3 is 0 Å². The smallest absolute Gasteiger partial charge is 0.196 e. The van der Waals surface area contributed by atoms with E-state index in [1.165, 1.54) is 6.07 Å². The van der Waals surface area contributed by atoms with Crippen LogP contribution in [0.4, 0.5) is 11.4 Å². The van der Waals surface area contributed by atoms with Crippen molar-refractivity contribution in [1.29, 1.82) is 0 Å². The molecule has 6 heteroatoms. The van der Waals surface area contributed by atoms with E-state index in [0.29, 0.717) is 11.3 Å². The van der Waals surface area contributed by atoms with Gasteiger partial charge in [0.1, 0.15) is 17.2 Å². The van der Waals surface area contributed by atoms with Gasteiger partial charge in [0.2, 0.25) is 0 Å². The quantitative estimate of drug-likeness (QED) is 0.284. The molecule has 3 rings (SSSR count). The Balaban J connectivity index is 1.79. The molecule has 0 aromatic heterocycles. The molecular weight excluding hydrogens is 368 g/mol. The summed E-state index contributed by atoms with van der Waals surface area (Å²) < 4.78 is 0. The van der Waals surface area contributed by atoms with Crippen LogP contribution in [-0.4, -0.2) is 27.7 Å². The van der Waals surface area contributed by atoms with Gasteiger partial charge in [-0.25, -0.2) is 0 Å². The summed E-state index contributed by atoms with van der Waals surface area (Å²) in [6.07, 6.45) is 2.56. The summed E-state index contributed by atoms with van der Waals surface area (Å²) in [6.45, 7) is 0.192. The van der Waals surface area contributed by atoms with Gasteiger partial charge in [0, 0.05) is 18.2 Å². The van der Waals surface area contributed by atoms with Crippen LogP contribution in [0.2, 0.25) is 0 Å². The number of hydrogen-bond donors (Lipinski definition) is 3. The first-order valence-corrected chi connectivity index (χ1v) is 9.36. The zero-order chi connectivity index (χ0) is 20.6. The molecule has 0 saturated carbocycles. The molecule has 0 saturated heterocycles. The van der Waals surface area contributed by atoms with Crippen LogP contribution in [0.5, 0.6) is 11.5 Å². The number of aromatic hydroxyl groups is 2. The minimum absolute atomic E-state index is 0.0437. The van der Waals surface area contributed by atoms with Gasteiger partial charge in [-0.3, -0.25) is 4.79 Å². The molecule has 0 bridgehead atoms. The Bertz CT molecular complexity index is 999. The number of hydrogen-bond acceptors (Lipinski definition) is 6. The van der Waals surface area contributed by atoms with Gasteiger partial charge in [-0.15, -0.1) is 5.11 Å². The van der Waals surface area contributed by atoms with Crippen molar-refractivity contribution in [3.05, 3.63) is 83.4 Å². The molecule has 3 aromatic carbocycles. The summed E-state index contributed by atoms with van der Waals surface area (Å²) >= 11 is 0. The van der Waals surface area contributed by atoms with Crippen LogP contribution in [0.15, 0.2) is 77.0 Å². The van der Waals surface area contributed by atoms with Gasteiger partial charge in [0.15, 0.2) is 5.78 Å². The first-order chi connectivity index (χ1) is 14.1. The maximum absolute atomic E-state index is 12.6. The number of phenolic OH excluding ortho intramolecular Hbond substituents is 2. The maximum Gasteiger partial charge on any atom is 0.196 e. The van der Waals surface area contributed by atoms with Crippen molar-refractivity contribution in [1.82, 2.24) is 0 Å². The standard InChI is InChI=1S/C23H22N2O4/c26-13-5-4-6-16-9-11-18(12-10-16)24-25-20-14-19(21(27)15-22(20)28)23(29)17-7-2-1-3-8-17/h1-3,7-12,14-15,26-28H,4-6,13H2/b25-24+. The normalized spacial score (nSPS) is 11.1. The SMILES string of the molecule is O=C(c1ccccc1)c1cc(/N=N/c2ccc(CCCCO)cc2)c(O)cc1O. The summed E-state index contributed by atoms with van der Waals surface area (Å²) in [5.41, 5.74) is 2.30. The van der Waals surface area contributed by atoms with Crippen LogP contribution in [0.25, 0.3) is 0 Å². The number of benzene rings is 3. The Hall–Kier alpha value is -3.51. The van der Waals surface area contributed by atoms with E-state index in [2.05, 4.69) is 10.2 Å². The first kappa shape index (κ1) is 20.2. The van der Waals surface area contributed by atoms with Gasteiger partial charge in [0.05, 0.1) is 11.3 Å². The Labute approximate surface area is 168 Å². The van der Waals surface area contributed by atoms with Gasteiger partial charge in [0.25, 0.3) is 0 Å². The molecule has 29 heavy (non-hydrogen) atoms. The maximum atomic E-state index is 12.6. The molecule has 0 unspecified atom stereocenters. The number of carbonyl (C=O) groups is 1. The van der Waals surface area contributed by atoms with Crippen molar-refractivity contribution >= 4 is 17.2 Å². The summed E-state index contributed by atoms with van der Waals surface area (Å²) in [6, 6.07) is 18.5. The minimum Gasteiger partial charge on any atom is -0.507 e. The summed E-state index contributed by atoms with van der Waals surface area (Å²) in [5, 5.41) is 37.1. The Kier molecular flexibility index (Phi) is 6.71. The number of aliphatic hydroxyl groups is 1.